The van der Waals surface area contributed by atoms with Gasteiger partial charge in [-0.2, -0.15) is 0 Å². The van der Waals surface area contributed by atoms with Gasteiger partial charge < -0.3 is 5.73 Å². The fraction of sp³-hybridized carbons (Fsp3) is 0.235. The van der Waals surface area contributed by atoms with E-state index in [1.807, 2.05) is 30.3 Å². The molecular weight excluding hydrogens is 300 g/mol. The lowest BCUT2D eigenvalue weighted by Gasteiger charge is -2.26. The van der Waals surface area contributed by atoms with Gasteiger partial charge in [-0.1, -0.05) is 66.3 Å². The molecular formula is C17H19ClN2S. The second-order valence-corrected chi connectivity index (χ2v) is 6.02. The number of halogens is 1. The summed E-state index contributed by atoms with van der Waals surface area (Å²) in [6, 6.07) is 16.3. The minimum absolute atomic E-state index is 0.244. The molecule has 0 aliphatic rings. The predicted octanol–water partition coefficient (Wildman–Crippen LogP) is 4.17. The lowest BCUT2D eigenvalue weighted by atomic mass is 10.1. The number of thiocarbonyl (C=S) groups is 1. The predicted molar refractivity (Wildman–Crippen MR) is 93.7 cm³/mol. The van der Waals surface area contributed by atoms with Crippen LogP contribution in [0, 0.1) is 0 Å². The molecule has 2 rings (SSSR count). The summed E-state index contributed by atoms with van der Waals surface area (Å²) in [6.07, 6.45) is 0. The van der Waals surface area contributed by atoms with E-state index in [2.05, 4.69) is 37.1 Å². The molecule has 0 fully saturated rings. The minimum atomic E-state index is 0.244. The van der Waals surface area contributed by atoms with Crippen LogP contribution in [-0.4, -0.2) is 16.9 Å². The maximum absolute atomic E-state index is 6.27. The number of nitrogens with two attached hydrogens (primary N) is 1. The van der Waals surface area contributed by atoms with Gasteiger partial charge in [-0.15, -0.1) is 0 Å². The third-order valence-electron chi connectivity index (χ3n) is 3.69. The average molecular weight is 319 g/mol. The van der Waals surface area contributed by atoms with Crippen molar-refractivity contribution in [1.29, 1.82) is 0 Å². The Balaban J connectivity index is 2.08. The van der Waals surface area contributed by atoms with Crippen LogP contribution in [0.3, 0.4) is 0 Å². The summed E-state index contributed by atoms with van der Waals surface area (Å²) in [7, 11) is 2.09. The summed E-state index contributed by atoms with van der Waals surface area (Å²) in [4.78, 5) is 2.69. The van der Waals surface area contributed by atoms with Gasteiger partial charge >= 0.3 is 0 Å². The van der Waals surface area contributed by atoms with Crippen LogP contribution < -0.4 is 5.73 Å². The van der Waals surface area contributed by atoms with Crippen LogP contribution in [-0.2, 0) is 6.54 Å². The van der Waals surface area contributed by atoms with Crippen LogP contribution >= 0.6 is 23.8 Å². The molecule has 0 aliphatic heterocycles. The van der Waals surface area contributed by atoms with Gasteiger partial charge in [-0.25, -0.2) is 0 Å². The fourth-order valence-corrected chi connectivity index (χ4v) is 2.68. The van der Waals surface area contributed by atoms with E-state index in [-0.39, 0.29) is 6.04 Å². The topological polar surface area (TPSA) is 29.3 Å². The molecule has 0 amide bonds. The standard InChI is InChI=1S/C17H19ClN2S/c1-12(15-5-3-4-6-16(15)18)20(2)11-13-7-9-14(10-8-13)17(19)21/h3-10,12H,11H2,1-2H3,(H2,19,21). The van der Waals surface area contributed by atoms with E-state index in [4.69, 9.17) is 29.6 Å². The Morgan fingerprint density at radius 3 is 2.38 bits per heavy atom. The maximum atomic E-state index is 6.27. The van der Waals surface area contributed by atoms with Crippen molar-refractivity contribution < 1.29 is 0 Å². The zero-order valence-electron chi connectivity index (χ0n) is 12.2. The Hall–Kier alpha value is -1.42. The quantitative estimate of drug-likeness (QED) is 0.839. The molecule has 1 unspecified atom stereocenters. The summed E-state index contributed by atoms with van der Waals surface area (Å²) in [6.45, 7) is 2.99. The molecule has 0 spiro atoms. The summed E-state index contributed by atoms with van der Waals surface area (Å²) < 4.78 is 0. The lowest BCUT2D eigenvalue weighted by molar-refractivity contribution is 0.253. The van der Waals surface area contributed by atoms with Crippen LogP contribution in [0.25, 0.3) is 0 Å². The Morgan fingerprint density at radius 2 is 1.81 bits per heavy atom. The molecule has 4 heteroatoms. The molecule has 21 heavy (non-hydrogen) atoms. The molecule has 2 aromatic carbocycles. The van der Waals surface area contributed by atoms with Gasteiger partial charge in [0, 0.05) is 23.2 Å². The van der Waals surface area contributed by atoms with Crippen LogP contribution in [0.4, 0.5) is 0 Å². The highest BCUT2D eigenvalue weighted by Crippen LogP contribution is 2.27. The van der Waals surface area contributed by atoms with Crippen molar-refractivity contribution in [3.63, 3.8) is 0 Å². The highest BCUT2D eigenvalue weighted by Gasteiger charge is 2.14. The van der Waals surface area contributed by atoms with Crippen molar-refractivity contribution in [2.45, 2.75) is 19.5 Å². The summed E-state index contributed by atoms with van der Waals surface area (Å²) >= 11 is 11.2. The Labute approximate surface area is 136 Å². The molecule has 110 valence electrons. The van der Waals surface area contributed by atoms with Gasteiger partial charge in [-0.05, 0) is 31.2 Å². The second-order valence-electron chi connectivity index (χ2n) is 5.17. The lowest BCUT2D eigenvalue weighted by Crippen LogP contribution is -2.22. The monoisotopic (exact) mass is 318 g/mol. The Bertz CT molecular complexity index is 625. The van der Waals surface area contributed by atoms with Gasteiger partial charge in [0.1, 0.15) is 4.99 Å². The first-order valence-corrected chi connectivity index (χ1v) is 7.61. The van der Waals surface area contributed by atoms with Crippen molar-refractivity contribution in [1.82, 2.24) is 4.90 Å². The first kappa shape index (κ1) is 16.0. The molecule has 0 bridgehead atoms. The Kier molecular flexibility index (Phi) is 5.34. The number of nitrogens with zero attached hydrogens (tertiary/aromatic N) is 1. The molecule has 2 N–H and O–H groups in total. The van der Waals surface area contributed by atoms with Crippen molar-refractivity contribution >= 4 is 28.8 Å². The largest absolute Gasteiger partial charge is 0.389 e. The first-order chi connectivity index (χ1) is 9.99. The molecule has 2 aromatic rings. The van der Waals surface area contributed by atoms with Crippen molar-refractivity contribution in [3.8, 4) is 0 Å². The first-order valence-electron chi connectivity index (χ1n) is 6.82. The van der Waals surface area contributed by atoms with Crippen LogP contribution in [0.1, 0.15) is 29.7 Å². The molecule has 0 saturated carbocycles. The van der Waals surface area contributed by atoms with E-state index in [9.17, 15) is 0 Å². The fourth-order valence-electron chi connectivity index (χ4n) is 2.25. The van der Waals surface area contributed by atoms with Crippen molar-refractivity contribution in [2.75, 3.05) is 7.05 Å². The zero-order valence-corrected chi connectivity index (χ0v) is 13.8. The van der Waals surface area contributed by atoms with Crippen LogP contribution in [0.5, 0.6) is 0 Å². The van der Waals surface area contributed by atoms with Crippen molar-refractivity contribution in [3.05, 3.63) is 70.2 Å². The number of hydrogen-bond acceptors (Lipinski definition) is 2. The highest BCUT2D eigenvalue weighted by molar-refractivity contribution is 7.80. The van der Waals surface area contributed by atoms with Gasteiger partial charge in [0.15, 0.2) is 0 Å². The smallest absolute Gasteiger partial charge is 0.103 e. The van der Waals surface area contributed by atoms with E-state index in [0.29, 0.717) is 4.99 Å². The summed E-state index contributed by atoms with van der Waals surface area (Å²) in [5.74, 6) is 0. The molecule has 0 heterocycles. The van der Waals surface area contributed by atoms with Gasteiger partial charge in [0.05, 0.1) is 0 Å². The van der Waals surface area contributed by atoms with Crippen LogP contribution in [0.15, 0.2) is 48.5 Å². The minimum Gasteiger partial charge on any atom is -0.389 e. The summed E-state index contributed by atoms with van der Waals surface area (Å²) in [5, 5.41) is 0.806. The van der Waals surface area contributed by atoms with Gasteiger partial charge in [-0.3, -0.25) is 4.90 Å². The maximum Gasteiger partial charge on any atom is 0.103 e. The summed E-state index contributed by atoms with van der Waals surface area (Å²) in [5.41, 5.74) is 8.87. The van der Waals surface area contributed by atoms with Crippen LogP contribution in [0.2, 0.25) is 5.02 Å². The third-order valence-corrected chi connectivity index (χ3v) is 4.27. The number of rotatable bonds is 5. The molecule has 0 aromatic heterocycles. The van der Waals surface area contributed by atoms with Gasteiger partial charge in [0.2, 0.25) is 0 Å². The molecule has 0 saturated heterocycles. The normalized spacial score (nSPS) is 12.4. The van der Waals surface area contributed by atoms with E-state index in [1.165, 1.54) is 5.56 Å². The molecule has 0 radical (unpaired) electrons. The zero-order chi connectivity index (χ0) is 15.4. The number of hydrogen-bond donors (Lipinski definition) is 1. The molecule has 0 aliphatic carbocycles. The number of benzene rings is 2. The second kappa shape index (κ2) is 7.03. The highest BCUT2D eigenvalue weighted by atomic mass is 35.5. The molecule has 1 atom stereocenters. The van der Waals surface area contributed by atoms with E-state index in [1.54, 1.807) is 0 Å². The Morgan fingerprint density at radius 1 is 1.19 bits per heavy atom. The van der Waals surface area contributed by atoms with Gasteiger partial charge in [0.25, 0.3) is 0 Å². The average Bonchev–Trinajstić information content (AvgIpc) is 2.47. The third kappa shape index (κ3) is 4.03. The van der Waals surface area contributed by atoms with Crippen molar-refractivity contribution in [2.24, 2.45) is 5.73 Å². The molecule has 2 nitrogen and oxygen atoms in total. The van der Waals surface area contributed by atoms with E-state index in [0.717, 1.165) is 22.7 Å². The SMILES string of the molecule is CC(c1ccccc1Cl)N(C)Cc1ccc(C(N)=S)cc1. The van der Waals surface area contributed by atoms with E-state index < -0.39 is 0 Å². The van der Waals surface area contributed by atoms with E-state index >= 15 is 0 Å².